The predicted molar refractivity (Wildman–Crippen MR) is 133 cm³/mol. The molecule has 2 aliphatic rings. The van der Waals surface area contributed by atoms with Crippen molar-refractivity contribution in [3.8, 4) is 27.7 Å². The van der Waals surface area contributed by atoms with E-state index in [-0.39, 0.29) is 23.7 Å². The molecule has 2 atom stereocenters. The van der Waals surface area contributed by atoms with Crippen LogP contribution in [0.25, 0.3) is 20.5 Å². The van der Waals surface area contributed by atoms with Gasteiger partial charge in [-0.2, -0.15) is 0 Å². The summed E-state index contributed by atoms with van der Waals surface area (Å²) < 4.78 is 13.6. The van der Waals surface area contributed by atoms with Crippen LogP contribution in [-0.2, 0) is 4.74 Å². The maximum absolute atomic E-state index is 9.95. The number of nitrogens with zero attached hydrogens (tertiary/aromatic N) is 1. The molecule has 5 rings (SSSR count). The van der Waals surface area contributed by atoms with Crippen molar-refractivity contribution in [3.05, 3.63) is 54.6 Å². The van der Waals surface area contributed by atoms with E-state index in [9.17, 15) is 10.2 Å². The van der Waals surface area contributed by atoms with Crippen LogP contribution < -0.4 is 4.74 Å². The topological polar surface area (TPSA) is 62.2 Å². The number of likely N-dealkylation sites (tertiary alicyclic amines) is 1. The highest BCUT2D eigenvalue weighted by atomic mass is 32.1. The van der Waals surface area contributed by atoms with E-state index in [0.717, 1.165) is 52.3 Å². The minimum atomic E-state index is -0.0191. The fourth-order valence-corrected chi connectivity index (χ4v) is 5.83. The molecule has 1 unspecified atom stereocenters. The molecule has 2 aromatic carbocycles. The van der Waals surface area contributed by atoms with Gasteiger partial charge in [0.2, 0.25) is 0 Å². The van der Waals surface area contributed by atoms with Gasteiger partial charge in [0.05, 0.1) is 17.6 Å². The van der Waals surface area contributed by atoms with Gasteiger partial charge in [0, 0.05) is 16.6 Å². The van der Waals surface area contributed by atoms with Crippen molar-refractivity contribution in [1.29, 1.82) is 0 Å². The predicted octanol–water partition coefficient (Wildman–Crippen LogP) is 5.95. The Morgan fingerprint density at radius 1 is 0.879 bits per heavy atom. The number of hydrogen-bond donors (Lipinski definition) is 2. The van der Waals surface area contributed by atoms with E-state index in [2.05, 4.69) is 17.1 Å². The minimum Gasteiger partial charge on any atom is -0.508 e. The molecule has 1 aliphatic carbocycles. The molecule has 2 N–H and O–H groups in total. The molecule has 5 nitrogen and oxygen atoms in total. The summed E-state index contributed by atoms with van der Waals surface area (Å²) in [4.78, 5) is 3.51. The third kappa shape index (κ3) is 5.35. The van der Waals surface area contributed by atoms with Crippen LogP contribution in [0.15, 0.2) is 54.6 Å². The molecule has 1 aromatic heterocycles. The Balaban J connectivity index is 1.27. The number of thiophene rings is 1. The summed E-state index contributed by atoms with van der Waals surface area (Å²) in [5.74, 6) is 1.32. The number of hydrogen-bond acceptors (Lipinski definition) is 6. The van der Waals surface area contributed by atoms with E-state index in [4.69, 9.17) is 9.47 Å². The Labute approximate surface area is 198 Å². The zero-order valence-corrected chi connectivity index (χ0v) is 19.6. The number of aromatic hydroxyl groups is 2. The molecular formula is C27H31NO4S. The van der Waals surface area contributed by atoms with Gasteiger partial charge < -0.3 is 24.6 Å². The average molecular weight is 466 g/mol. The van der Waals surface area contributed by atoms with Gasteiger partial charge >= 0.3 is 0 Å². The Morgan fingerprint density at radius 2 is 1.61 bits per heavy atom. The maximum atomic E-state index is 9.95. The van der Waals surface area contributed by atoms with Crippen molar-refractivity contribution in [2.45, 2.75) is 44.3 Å². The molecule has 6 heteroatoms. The highest BCUT2D eigenvalue weighted by molar-refractivity contribution is 7.22. The summed E-state index contributed by atoms with van der Waals surface area (Å²) in [5.41, 5.74) is 0.988. The smallest absolute Gasteiger partial charge is 0.146 e. The second kappa shape index (κ2) is 10.2. The SMILES string of the molecule is Oc1ccc(-c2sc3cc(O)ccc3c2OC2C=C[C@@H](OCCN3CCCCC3)CC2)cc1. The Morgan fingerprint density at radius 3 is 2.36 bits per heavy atom. The van der Waals surface area contributed by atoms with E-state index < -0.39 is 0 Å². The van der Waals surface area contributed by atoms with Gasteiger partial charge in [-0.1, -0.05) is 12.5 Å². The maximum Gasteiger partial charge on any atom is 0.146 e. The van der Waals surface area contributed by atoms with E-state index in [1.54, 1.807) is 35.6 Å². The van der Waals surface area contributed by atoms with Crippen molar-refractivity contribution in [3.63, 3.8) is 0 Å². The molecule has 3 aromatic rings. The van der Waals surface area contributed by atoms with Crippen LogP contribution in [0.3, 0.4) is 0 Å². The zero-order valence-electron chi connectivity index (χ0n) is 18.8. The number of benzene rings is 2. The van der Waals surface area contributed by atoms with Gasteiger partial charge in [-0.15, -0.1) is 11.3 Å². The van der Waals surface area contributed by atoms with Crippen molar-refractivity contribution in [2.24, 2.45) is 0 Å². The van der Waals surface area contributed by atoms with Gasteiger partial charge in [0.1, 0.15) is 23.4 Å². The average Bonchev–Trinajstić information content (AvgIpc) is 3.18. The van der Waals surface area contributed by atoms with Gasteiger partial charge in [0.25, 0.3) is 0 Å². The summed E-state index contributed by atoms with van der Waals surface area (Å²) in [5, 5.41) is 20.6. The molecule has 1 aliphatic heterocycles. The van der Waals surface area contributed by atoms with Crippen LogP contribution in [0.1, 0.15) is 32.1 Å². The normalized spacial score (nSPS) is 21.5. The monoisotopic (exact) mass is 465 g/mol. The van der Waals surface area contributed by atoms with E-state index >= 15 is 0 Å². The number of phenols is 2. The van der Waals surface area contributed by atoms with Crippen molar-refractivity contribution in [1.82, 2.24) is 4.90 Å². The molecular weight excluding hydrogens is 434 g/mol. The molecule has 1 saturated heterocycles. The fraction of sp³-hybridized carbons (Fsp3) is 0.407. The first kappa shape index (κ1) is 22.3. The van der Waals surface area contributed by atoms with Gasteiger partial charge in [-0.25, -0.2) is 0 Å². The lowest BCUT2D eigenvalue weighted by molar-refractivity contribution is 0.0448. The quantitative estimate of drug-likeness (QED) is 0.422. The van der Waals surface area contributed by atoms with Crippen LogP contribution in [0.4, 0.5) is 0 Å². The lowest BCUT2D eigenvalue weighted by atomic mass is 10.0. The summed E-state index contributed by atoms with van der Waals surface area (Å²) in [7, 11) is 0. The molecule has 0 bridgehead atoms. The van der Waals surface area contributed by atoms with Crippen LogP contribution in [-0.4, -0.2) is 53.6 Å². The largest absolute Gasteiger partial charge is 0.508 e. The molecule has 1 fully saturated rings. The Kier molecular flexibility index (Phi) is 6.85. The minimum absolute atomic E-state index is 0.0191. The number of rotatable bonds is 7. The van der Waals surface area contributed by atoms with Crippen LogP contribution in [0.5, 0.6) is 17.2 Å². The van der Waals surface area contributed by atoms with Gasteiger partial charge in [-0.3, -0.25) is 0 Å². The molecule has 174 valence electrons. The third-order valence-corrected chi connectivity index (χ3v) is 7.67. The molecule has 0 amide bonds. The lowest BCUT2D eigenvalue weighted by Crippen LogP contribution is -2.34. The van der Waals surface area contributed by atoms with E-state index in [1.165, 1.54) is 32.4 Å². The second-order valence-corrected chi connectivity index (χ2v) is 9.97. The molecule has 0 radical (unpaired) electrons. The number of ether oxygens (including phenoxy) is 2. The first-order valence-corrected chi connectivity index (χ1v) is 12.7. The number of phenolic OH excluding ortho intramolecular Hbond substituents is 2. The van der Waals surface area contributed by atoms with Crippen LogP contribution in [0, 0.1) is 0 Å². The summed E-state index contributed by atoms with van der Waals surface area (Å²) >= 11 is 1.59. The lowest BCUT2D eigenvalue weighted by Gasteiger charge is -2.28. The van der Waals surface area contributed by atoms with Crippen LogP contribution in [0.2, 0.25) is 0 Å². The zero-order chi connectivity index (χ0) is 22.6. The van der Waals surface area contributed by atoms with Crippen molar-refractivity contribution in [2.75, 3.05) is 26.2 Å². The highest BCUT2D eigenvalue weighted by Crippen LogP contribution is 2.46. The number of fused-ring (bicyclic) bond motifs is 1. The Bertz CT molecular complexity index is 1100. The van der Waals surface area contributed by atoms with E-state index in [1.807, 2.05) is 18.2 Å². The first-order valence-electron chi connectivity index (χ1n) is 11.9. The van der Waals surface area contributed by atoms with Crippen molar-refractivity contribution < 1.29 is 19.7 Å². The molecule has 0 saturated carbocycles. The van der Waals surface area contributed by atoms with Crippen molar-refractivity contribution >= 4 is 21.4 Å². The highest BCUT2D eigenvalue weighted by Gasteiger charge is 2.22. The van der Waals surface area contributed by atoms with Crippen LogP contribution >= 0.6 is 11.3 Å². The standard InChI is InChI=1S/C27H31NO4S/c29-20-6-4-19(5-7-20)27-26(24-13-8-21(30)18-25(24)33-27)32-23-11-9-22(10-12-23)31-17-16-28-14-2-1-3-15-28/h4-9,11,13,18,22-23,29-30H,1-3,10,12,14-17H2/t22-,23?/m1/s1. The summed E-state index contributed by atoms with van der Waals surface area (Å²) in [6, 6.07) is 12.6. The van der Waals surface area contributed by atoms with Gasteiger partial charge in [-0.05, 0) is 92.9 Å². The Hall–Kier alpha value is -2.54. The molecule has 0 spiro atoms. The summed E-state index contributed by atoms with van der Waals surface area (Å²) in [6.07, 6.45) is 10.2. The summed E-state index contributed by atoms with van der Waals surface area (Å²) in [6.45, 7) is 4.21. The molecule has 33 heavy (non-hydrogen) atoms. The fourth-order valence-electron chi connectivity index (χ4n) is 4.65. The first-order chi connectivity index (χ1) is 16.2. The van der Waals surface area contributed by atoms with Gasteiger partial charge in [0.15, 0.2) is 0 Å². The third-order valence-electron chi connectivity index (χ3n) is 6.49. The second-order valence-electron chi connectivity index (χ2n) is 8.92. The van der Waals surface area contributed by atoms with E-state index in [0.29, 0.717) is 0 Å². The molecule has 2 heterocycles. The number of piperidine rings is 1.